The Morgan fingerprint density at radius 3 is 2.85 bits per heavy atom. The first-order valence-corrected chi connectivity index (χ1v) is 7.80. The van der Waals surface area contributed by atoms with Crippen LogP contribution in [0.1, 0.15) is 30.3 Å². The minimum atomic E-state index is 0. The Morgan fingerprint density at radius 2 is 2.20 bits per heavy atom. The normalized spacial score (nSPS) is 28.4. The average Bonchev–Trinajstić information content (AvgIpc) is 3.05. The first kappa shape index (κ1) is 15.9. The van der Waals surface area contributed by atoms with Gasteiger partial charge in [0, 0.05) is 36.3 Å². The Balaban J connectivity index is 0.00000147. The van der Waals surface area contributed by atoms with E-state index in [0.29, 0.717) is 11.8 Å². The van der Waals surface area contributed by atoms with Crippen molar-refractivity contribution in [2.75, 3.05) is 13.1 Å². The van der Waals surface area contributed by atoms with Crippen LogP contribution in [0.15, 0.2) is 16.7 Å². The summed E-state index contributed by atoms with van der Waals surface area (Å²) in [6, 6.07) is 2.20. The van der Waals surface area contributed by atoms with Crippen LogP contribution in [0.3, 0.4) is 0 Å². The van der Waals surface area contributed by atoms with E-state index in [2.05, 4.69) is 22.9 Å². The predicted molar refractivity (Wildman–Crippen MR) is 85.1 cm³/mol. The molecule has 2 N–H and O–H groups in total. The van der Waals surface area contributed by atoms with E-state index >= 15 is 0 Å². The van der Waals surface area contributed by atoms with Gasteiger partial charge in [-0.1, -0.05) is 0 Å². The van der Waals surface area contributed by atoms with Gasteiger partial charge in [-0.25, -0.2) is 0 Å². The molecule has 4 nitrogen and oxygen atoms in total. The SMILES string of the molecule is CCn1cc(Br)cc1C(=O)N1CC2CCC(N)C2C1.Cl. The van der Waals surface area contributed by atoms with E-state index in [-0.39, 0.29) is 24.4 Å². The van der Waals surface area contributed by atoms with Gasteiger partial charge in [0.05, 0.1) is 0 Å². The number of likely N-dealkylation sites (tertiary alicyclic amines) is 1. The molecule has 20 heavy (non-hydrogen) atoms. The summed E-state index contributed by atoms with van der Waals surface area (Å²) in [4.78, 5) is 14.6. The third-order valence-electron chi connectivity index (χ3n) is 4.62. The van der Waals surface area contributed by atoms with Crippen LogP contribution in [0.2, 0.25) is 0 Å². The Kier molecular flexibility index (Phi) is 4.82. The van der Waals surface area contributed by atoms with E-state index in [0.717, 1.165) is 36.2 Å². The van der Waals surface area contributed by atoms with E-state index in [1.165, 1.54) is 6.42 Å². The molecule has 2 heterocycles. The molecule has 1 aromatic heterocycles. The summed E-state index contributed by atoms with van der Waals surface area (Å²) in [5.41, 5.74) is 6.91. The Bertz CT molecular complexity index is 505. The fourth-order valence-electron chi connectivity index (χ4n) is 3.55. The molecule has 0 spiro atoms. The molecule has 1 aromatic rings. The number of aromatic nitrogens is 1. The lowest BCUT2D eigenvalue weighted by Gasteiger charge is -2.19. The molecule has 1 amide bonds. The van der Waals surface area contributed by atoms with Crippen LogP contribution in [0.5, 0.6) is 0 Å². The maximum absolute atomic E-state index is 12.6. The van der Waals surface area contributed by atoms with Crippen LogP contribution in [0.25, 0.3) is 0 Å². The molecule has 1 aliphatic carbocycles. The number of nitrogens with zero attached hydrogens (tertiary/aromatic N) is 2. The van der Waals surface area contributed by atoms with Crippen molar-refractivity contribution in [2.45, 2.75) is 32.4 Å². The van der Waals surface area contributed by atoms with Crippen LogP contribution in [-0.2, 0) is 6.54 Å². The van der Waals surface area contributed by atoms with Crippen LogP contribution in [0.4, 0.5) is 0 Å². The highest BCUT2D eigenvalue weighted by Gasteiger charge is 2.42. The van der Waals surface area contributed by atoms with Gasteiger partial charge < -0.3 is 15.2 Å². The van der Waals surface area contributed by atoms with Crippen molar-refractivity contribution in [2.24, 2.45) is 17.6 Å². The Labute approximate surface area is 134 Å². The van der Waals surface area contributed by atoms with Gasteiger partial charge in [0.2, 0.25) is 0 Å². The number of nitrogens with two attached hydrogens (primary N) is 1. The number of fused-ring (bicyclic) bond motifs is 1. The molecule has 3 rings (SSSR count). The smallest absolute Gasteiger partial charge is 0.270 e. The molecule has 0 aromatic carbocycles. The molecular weight excluding hydrogens is 342 g/mol. The van der Waals surface area contributed by atoms with Gasteiger partial charge in [-0.3, -0.25) is 4.79 Å². The van der Waals surface area contributed by atoms with Crippen molar-refractivity contribution in [3.8, 4) is 0 Å². The van der Waals surface area contributed by atoms with Crippen LogP contribution in [-0.4, -0.2) is 34.5 Å². The first-order chi connectivity index (χ1) is 9.10. The van der Waals surface area contributed by atoms with E-state index in [9.17, 15) is 4.79 Å². The fraction of sp³-hybridized carbons (Fsp3) is 0.643. The topological polar surface area (TPSA) is 51.3 Å². The lowest BCUT2D eigenvalue weighted by molar-refractivity contribution is 0.0769. The monoisotopic (exact) mass is 361 g/mol. The lowest BCUT2D eigenvalue weighted by Crippen LogP contribution is -2.34. The highest BCUT2D eigenvalue weighted by molar-refractivity contribution is 9.10. The number of hydrogen-bond acceptors (Lipinski definition) is 2. The molecule has 0 radical (unpaired) electrons. The number of carbonyl (C=O) groups is 1. The number of amides is 1. The molecule has 112 valence electrons. The predicted octanol–water partition coefficient (Wildman–Crippen LogP) is 2.50. The highest BCUT2D eigenvalue weighted by atomic mass is 79.9. The molecule has 2 fully saturated rings. The van der Waals surface area contributed by atoms with Gasteiger partial charge in [0.15, 0.2) is 0 Å². The summed E-state index contributed by atoms with van der Waals surface area (Å²) in [7, 11) is 0. The Hall–Kier alpha value is -0.520. The summed E-state index contributed by atoms with van der Waals surface area (Å²) in [5.74, 6) is 1.28. The number of aryl methyl sites for hydroxylation is 1. The third-order valence-corrected chi connectivity index (χ3v) is 5.06. The molecule has 6 heteroatoms. The molecule has 3 atom stereocenters. The van der Waals surface area contributed by atoms with Crippen LogP contribution < -0.4 is 5.73 Å². The van der Waals surface area contributed by atoms with Crippen molar-refractivity contribution in [3.63, 3.8) is 0 Å². The van der Waals surface area contributed by atoms with Gasteiger partial charge in [0.1, 0.15) is 5.69 Å². The standard InChI is InChI=1S/C14H20BrN3O.ClH/c1-2-17-7-10(15)5-13(17)14(19)18-6-9-3-4-12(16)11(9)8-18;/h5,7,9,11-12H,2-4,6,8,16H2,1H3;1H. The minimum absolute atomic E-state index is 0. The first-order valence-electron chi connectivity index (χ1n) is 7.00. The summed E-state index contributed by atoms with van der Waals surface area (Å²) < 4.78 is 2.97. The van der Waals surface area contributed by atoms with Crippen molar-refractivity contribution in [3.05, 3.63) is 22.4 Å². The van der Waals surface area contributed by atoms with Gasteiger partial charge in [-0.05, 0) is 53.6 Å². The molecule has 0 bridgehead atoms. The van der Waals surface area contributed by atoms with Crippen molar-refractivity contribution < 1.29 is 4.79 Å². The van der Waals surface area contributed by atoms with Crippen LogP contribution >= 0.6 is 28.3 Å². The van der Waals surface area contributed by atoms with E-state index in [1.807, 2.05) is 21.7 Å². The number of hydrogen-bond donors (Lipinski definition) is 1. The number of carbonyl (C=O) groups excluding carboxylic acids is 1. The van der Waals surface area contributed by atoms with E-state index < -0.39 is 0 Å². The largest absolute Gasteiger partial charge is 0.343 e. The Morgan fingerprint density at radius 1 is 1.45 bits per heavy atom. The fourth-order valence-corrected chi connectivity index (χ4v) is 4.01. The second-order valence-corrected chi connectivity index (χ2v) is 6.62. The molecule has 1 saturated carbocycles. The third kappa shape index (κ3) is 2.63. The minimum Gasteiger partial charge on any atom is -0.343 e. The maximum atomic E-state index is 12.6. The summed E-state index contributed by atoms with van der Waals surface area (Å²) in [6.45, 7) is 4.58. The lowest BCUT2D eigenvalue weighted by atomic mass is 9.98. The van der Waals surface area contributed by atoms with Crippen LogP contribution in [0, 0.1) is 11.8 Å². The molecule has 2 aliphatic rings. The quantitative estimate of drug-likeness (QED) is 0.879. The zero-order valence-corrected chi connectivity index (χ0v) is 14.0. The zero-order valence-electron chi connectivity index (χ0n) is 11.6. The summed E-state index contributed by atoms with van der Waals surface area (Å²) in [5, 5.41) is 0. The molecule has 1 saturated heterocycles. The van der Waals surface area contributed by atoms with E-state index in [4.69, 9.17) is 5.73 Å². The summed E-state index contributed by atoms with van der Waals surface area (Å²) >= 11 is 3.45. The zero-order chi connectivity index (χ0) is 13.6. The van der Waals surface area contributed by atoms with Gasteiger partial charge in [0.25, 0.3) is 5.91 Å². The van der Waals surface area contributed by atoms with Crippen molar-refractivity contribution in [1.29, 1.82) is 0 Å². The second kappa shape index (κ2) is 6.08. The number of rotatable bonds is 2. The van der Waals surface area contributed by atoms with Gasteiger partial charge in [-0.2, -0.15) is 0 Å². The molecule has 1 aliphatic heterocycles. The molecular formula is C14H21BrClN3O. The maximum Gasteiger partial charge on any atom is 0.270 e. The van der Waals surface area contributed by atoms with Gasteiger partial charge in [-0.15, -0.1) is 12.4 Å². The summed E-state index contributed by atoms with van der Waals surface area (Å²) in [6.07, 6.45) is 4.26. The van der Waals surface area contributed by atoms with E-state index in [1.54, 1.807) is 0 Å². The van der Waals surface area contributed by atoms with Crippen molar-refractivity contribution in [1.82, 2.24) is 9.47 Å². The molecule has 3 unspecified atom stereocenters. The highest BCUT2D eigenvalue weighted by Crippen LogP contribution is 2.37. The van der Waals surface area contributed by atoms with Crippen molar-refractivity contribution >= 4 is 34.2 Å². The number of halogens is 2. The average molecular weight is 363 g/mol. The van der Waals surface area contributed by atoms with Gasteiger partial charge >= 0.3 is 0 Å². The second-order valence-electron chi connectivity index (χ2n) is 5.70.